The molecule has 1 atom stereocenters. The smallest absolute Gasteiger partial charge is 0.435 e. The molecule has 0 radical (unpaired) electrons. The molecule has 196 valence electrons. The summed E-state index contributed by atoms with van der Waals surface area (Å²) in [5.41, 5.74) is 0.188. The second-order valence-corrected chi connectivity index (χ2v) is 9.68. The van der Waals surface area contributed by atoms with E-state index in [0.717, 1.165) is 12.8 Å². The van der Waals surface area contributed by atoms with E-state index in [1.165, 1.54) is 28.9 Å². The van der Waals surface area contributed by atoms with Crippen molar-refractivity contribution in [3.05, 3.63) is 52.6 Å². The third-order valence-corrected chi connectivity index (χ3v) is 7.36. The summed E-state index contributed by atoms with van der Waals surface area (Å²) in [6.45, 7) is 4.07. The van der Waals surface area contributed by atoms with Crippen LogP contribution in [0.5, 0.6) is 0 Å². The van der Waals surface area contributed by atoms with E-state index in [1.807, 2.05) is 0 Å². The van der Waals surface area contributed by atoms with Crippen LogP contribution >= 0.6 is 0 Å². The summed E-state index contributed by atoms with van der Waals surface area (Å²) < 4.78 is 61.1. The van der Waals surface area contributed by atoms with Gasteiger partial charge in [0.15, 0.2) is 5.69 Å². The highest BCUT2D eigenvalue weighted by atomic mass is 19.4. The number of hydrogen-bond acceptors (Lipinski definition) is 4. The number of halogens is 4. The van der Waals surface area contributed by atoms with Gasteiger partial charge in [0.2, 0.25) is 5.91 Å². The SMILES string of the molecule is CCOC(=O)[C@H]1CC[C@H](CC(=O)N2CCc3c(C(F)(F)F)nn(C(C)c4ccc(F)cc4)c3C2)CC1. The molecule has 1 aromatic carbocycles. The first kappa shape index (κ1) is 26.2. The lowest BCUT2D eigenvalue weighted by Gasteiger charge is -2.32. The van der Waals surface area contributed by atoms with E-state index < -0.39 is 23.7 Å². The number of carbonyl (C=O) groups excluding carboxylic acids is 2. The van der Waals surface area contributed by atoms with Gasteiger partial charge in [0.1, 0.15) is 5.82 Å². The molecule has 1 fully saturated rings. The average Bonchev–Trinajstić information content (AvgIpc) is 3.24. The second kappa shape index (κ2) is 10.6. The molecule has 0 bridgehead atoms. The third kappa shape index (κ3) is 5.57. The monoisotopic (exact) mass is 509 g/mol. The summed E-state index contributed by atoms with van der Waals surface area (Å²) in [6.07, 6.45) is -1.39. The Morgan fingerprint density at radius 1 is 1.14 bits per heavy atom. The van der Waals surface area contributed by atoms with E-state index in [9.17, 15) is 27.2 Å². The zero-order chi connectivity index (χ0) is 26.0. The van der Waals surface area contributed by atoms with Crippen molar-refractivity contribution in [1.29, 1.82) is 0 Å². The van der Waals surface area contributed by atoms with E-state index in [-0.39, 0.29) is 48.8 Å². The molecule has 2 heterocycles. The van der Waals surface area contributed by atoms with E-state index in [2.05, 4.69) is 5.10 Å². The fourth-order valence-corrected chi connectivity index (χ4v) is 5.32. The van der Waals surface area contributed by atoms with Gasteiger partial charge in [-0.15, -0.1) is 0 Å². The molecule has 1 aliphatic carbocycles. The van der Waals surface area contributed by atoms with Gasteiger partial charge >= 0.3 is 12.1 Å². The Bertz CT molecular complexity index is 1090. The van der Waals surface area contributed by atoms with Crippen molar-refractivity contribution < 1.29 is 31.9 Å². The first-order valence-corrected chi connectivity index (χ1v) is 12.5. The maximum atomic E-state index is 13.8. The molecular formula is C26H31F4N3O3. The first-order valence-electron chi connectivity index (χ1n) is 12.5. The number of hydrogen-bond donors (Lipinski definition) is 0. The predicted octanol–water partition coefficient (Wildman–Crippen LogP) is 5.29. The molecule has 1 aliphatic heterocycles. The minimum absolute atomic E-state index is 0.0426. The Balaban J connectivity index is 1.48. The van der Waals surface area contributed by atoms with Gasteiger partial charge in [-0.2, -0.15) is 18.3 Å². The minimum atomic E-state index is -4.61. The fraction of sp³-hybridized carbons (Fsp3) is 0.577. The van der Waals surface area contributed by atoms with E-state index in [4.69, 9.17) is 4.74 Å². The highest BCUT2D eigenvalue weighted by Crippen LogP contribution is 2.38. The molecule has 2 aliphatic rings. The standard InChI is InChI=1S/C26H31F4N3O3/c1-3-36-25(35)19-6-4-17(5-7-19)14-23(34)32-13-12-21-22(15-32)33(31-24(21)26(28,29)30)16(2)18-8-10-20(27)11-9-18/h8-11,16-17,19H,3-7,12-15H2,1-2H3/t16?,17-,19-. The largest absolute Gasteiger partial charge is 0.466 e. The van der Waals surface area contributed by atoms with Gasteiger partial charge in [-0.1, -0.05) is 12.1 Å². The topological polar surface area (TPSA) is 64.4 Å². The second-order valence-electron chi connectivity index (χ2n) is 9.68. The normalized spacial score (nSPS) is 21.1. The third-order valence-electron chi connectivity index (χ3n) is 7.36. The van der Waals surface area contributed by atoms with Gasteiger partial charge in [-0.25, -0.2) is 4.39 Å². The number of nitrogens with zero attached hydrogens (tertiary/aromatic N) is 3. The Hall–Kier alpha value is -2.91. The molecule has 1 amide bonds. The van der Waals surface area contributed by atoms with Crippen molar-refractivity contribution in [3.8, 4) is 0 Å². The number of ether oxygens (including phenoxy) is 1. The fourth-order valence-electron chi connectivity index (χ4n) is 5.32. The Kier molecular flexibility index (Phi) is 7.70. The van der Waals surface area contributed by atoms with Gasteiger partial charge in [-0.3, -0.25) is 14.3 Å². The molecule has 1 unspecified atom stereocenters. The van der Waals surface area contributed by atoms with Gasteiger partial charge < -0.3 is 9.64 Å². The summed E-state index contributed by atoms with van der Waals surface area (Å²) in [5, 5.41) is 3.93. The van der Waals surface area contributed by atoms with Gasteiger partial charge in [0.05, 0.1) is 30.8 Å². The number of aromatic nitrogens is 2. The molecule has 1 saturated carbocycles. The summed E-state index contributed by atoms with van der Waals surface area (Å²) in [4.78, 5) is 26.7. The Morgan fingerprint density at radius 2 is 1.81 bits per heavy atom. The van der Waals surface area contributed by atoms with E-state index >= 15 is 0 Å². The maximum absolute atomic E-state index is 13.8. The number of amides is 1. The first-order chi connectivity index (χ1) is 17.1. The van der Waals surface area contributed by atoms with Crippen molar-refractivity contribution in [3.63, 3.8) is 0 Å². The van der Waals surface area contributed by atoms with Crippen LogP contribution < -0.4 is 0 Å². The van der Waals surface area contributed by atoms with Crippen LogP contribution in [0.4, 0.5) is 17.6 Å². The van der Waals surface area contributed by atoms with E-state index in [0.29, 0.717) is 37.1 Å². The summed E-state index contributed by atoms with van der Waals surface area (Å²) in [5.74, 6) is -0.710. The van der Waals surface area contributed by atoms with Crippen LogP contribution in [0.2, 0.25) is 0 Å². The van der Waals surface area contributed by atoms with Gasteiger partial charge in [0, 0.05) is 18.5 Å². The highest BCUT2D eigenvalue weighted by molar-refractivity contribution is 5.77. The van der Waals surface area contributed by atoms with Crippen LogP contribution in [-0.4, -0.2) is 39.7 Å². The van der Waals surface area contributed by atoms with Crippen molar-refractivity contribution in [2.45, 2.75) is 71.1 Å². The number of rotatable bonds is 6. The number of fused-ring (bicyclic) bond motifs is 1. The van der Waals surface area contributed by atoms with Crippen LogP contribution in [0.1, 0.15) is 74.5 Å². The number of alkyl halides is 3. The van der Waals surface area contributed by atoms with Gasteiger partial charge in [-0.05, 0) is 69.6 Å². The van der Waals surface area contributed by atoms with Crippen LogP contribution in [0.15, 0.2) is 24.3 Å². The van der Waals surface area contributed by atoms with E-state index in [1.54, 1.807) is 18.7 Å². The number of esters is 1. The quantitative estimate of drug-likeness (QED) is 0.392. The molecule has 10 heteroatoms. The molecule has 0 N–H and O–H groups in total. The van der Waals surface area contributed by atoms with Crippen LogP contribution in [-0.2, 0) is 33.5 Å². The molecule has 36 heavy (non-hydrogen) atoms. The maximum Gasteiger partial charge on any atom is 0.435 e. The summed E-state index contributed by atoms with van der Waals surface area (Å²) in [6, 6.07) is 5.01. The van der Waals surface area contributed by atoms with Crippen LogP contribution in [0, 0.1) is 17.7 Å². The molecule has 2 aromatic rings. The Morgan fingerprint density at radius 3 is 2.42 bits per heavy atom. The molecule has 0 spiro atoms. The minimum Gasteiger partial charge on any atom is -0.466 e. The molecule has 4 rings (SSSR count). The Labute approximate surface area is 207 Å². The van der Waals surface area contributed by atoms with Crippen molar-refractivity contribution in [2.24, 2.45) is 11.8 Å². The van der Waals surface area contributed by atoms with Crippen molar-refractivity contribution in [2.75, 3.05) is 13.2 Å². The summed E-state index contributed by atoms with van der Waals surface area (Å²) in [7, 11) is 0. The molecular weight excluding hydrogens is 478 g/mol. The summed E-state index contributed by atoms with van der Waals surface area (Å²) >= 11 is 0. The highest BCUT2D eigenvalue weighted by Gasteiger charge is 2.41. The molecule has 6 nitrogen and oxygen atoms in total. The van der Waals surface area contributed by atoms with Crippen LogP contribution in [0.3, 0.4) is 0 Å². The zero-order valence-electron chi connectivity index (χ0n) is 20.5. The number of carbonyl (C=O) groups is 2. The lowest BCUT2D eigenvalue weighted by atomic mass is 9.80. The number of benzene rings is 1. The zero-order valence-corrected chi connectivity index (χ0v) is 20.5. The predicted molar refractivity (Wildman–Crippen MR) is 123 cm³/mol. The van der Waals surface area contributed by atoms with Crippen LogP contribution in [0.25, 0.3) is 0 Å². The van der Waals surface area contributed by atoms with Crippen molar-refractivity contribution >= 4 is 11.9 Å². The van der Waals surface area contributed by atoms with Crippen molar-refractivity contribution in [1.82, 2.24) is 14.7 Å². The van der Waals surface area contributed by atoms with Gasteiger partial charge in [0.25, 0.3) is 0 Å². The molecule has 0 saturated heterocycles. The average molecular weight is 510 g/mol. The lowest BCUT2D eigenvalue weighted by molar-refractivity contribution is -0.149. The lowest BCUT2D eigenvalue weighted by Crippen LogP contribution is -2.38. The molecule has 1 aromatic heterocycles.